The molecule has 0 radical (unpaired) electrons. The van der Waals surface area contributed by atoms with Gasteiger partial charge in [-0.1, -0.05) is 6.92 Å². The minimum Gasteiger partial charge on any atom is -0.385 e. The highest BCUT2D eigenvalue weighted by Gasteiger charge is 2.04. The summed E-state index contributed by atoms with van der Waals surface area (Å²) in [5, 5.41) is 11.8. The fourth-order valence-corrected chi connectivity index (χ4v) is 1.36. The van der Waals surface area contributed by atoms with Crippen LogP contribution in [0.2, 0.25) is 0 Å². The van der Waals surface area contributed by atoms with Gasteiger partial charge in [-0.2, -0.15) is 5.26 Å². The van der Waals surface area contributed by atoms with Crippen LogP contribution in [0.1, 0.15) is 12.5 Å². The number of ether oxygens (including phenoxy) is 1. The average molecular weight is 222 g/mol. The summed E-state index contributed by atoms with van der Waals surface area (Å²) in [6.07, 6.45) is 0. The molecule has 0 fully saturated rings. The molecule has 1 rings (SSSR count). The van der Waals surface area contributed by atoms with Gasteiger partial charge in [0.1, 0.15) is 11.9 Å². The monoisotopic (exact) mass is 222 g/mol. The summed E-state index contributed by atoms with van der Waals surface area (Å²) < 4.78 is 18.0. The normalized spacial score (nSPS) is 11.9. The molecule has 16 heavy (non-hydrogen) atoms. The fourth-order valence-electron chi connectivity index (χ4n) is 1.36. The predicted octanol–water partition coefficient (Wildman–Crippen LogP) is 2.39. The van der Waals surface area contributed by atoms with Crippen LogP contribution < -0.4 is 5.32 Å². The zero-order valence-corrected chi connectivity index (χ0v) is 9.46. The summed E-state index contributed by atoms with van der Waals surface area (Å²) in [5.41, 5.74) is 0.810. The second-order valence-corrected chi connectivity index (χ2v) is 3.75. The lowest BCUT2D eigenvalue weighted by atomic mass is 10.1. The Bertz CT molecular complexity index is 387. The predicted molar refractivity (Wildman–Crippen MR) is 60.6 cm³/mol. The van der Waals surface area contributed by atoms with Crippen molar-refractivity contribution in [1.29, 1.82) is 5.26 Å². The number of methoxy groups -OCH3 is 1. The van der Waals surface area contributed by atoms with Gasteiger partial charge in [-0.15, -0.1) is 0 Å². The third kappa shape index (κ3) is 3.52. The number of rotatable bonds is 5. The lowest BCUT2D eigenvalue weighted by Gasteiger charge is -2.12. The average Bonchev–Trinajstić information content (AvgIpc) is 2.28. The highest BCUT2D eigenvalue weighted by Crippen LogP contribution is 2.14. The number of benzene rings is 1. The minimum atomic E-state index is -0.488. The van der Waals surface area contributed by atoms with Crippen molar-refractivity contribution in [2.24, 2.45) is 5.92 Å². The zero-order valence-electron chi connectivity index (χ0n) is 9.46. The summed E-state index contributed by atoms with van der Waals surface area (Å²) in [6, 6.07) is 6.23. The van der Waals surface area contributed by atoms with E-state index in [0.717, 1.165) is 12.2 Å². The molecule has 0 aliphatic carbocycles. The van der Waals surface area contributed by atoms with E-state index in [1.54, 1.807) is 13.2 Å². The SMILES string of the molecule is COCC(C)CNc1ccc(F)c(C#N)c1. The molecule has 1 aromatic carbocycles. The van der Waals surface area contributed by atoms with Gasteiger partial charge in [-0.25, -0.2) is 4.39 Å². The van der Waals surface area contributed by atoms with Crippen LogP contribution in [0.5, 0.6) is 0 Å². The lowest BCUT2D eigenvalue weighted by molar-refractivity contribution is 0.164. The van der Waals surface area contributed by atoms with E-state index in [9.17, 15) is 4.39 Å². The Morgan fingerprint density at radius 2 is 2.31 bits per heavy atom. The summed E-state index contributed by atoms with van der Waals surface area (Å²) in [6.45, 7) is 3.44. The standard InChI is InChI=1S/C12H15FN2O/c1-9(8-16-2)7-15-11-3-4-12(13)10(5-11)6-14/h3-5,9,15H,7-8H2,1-2H3. The van der Waals surface area contributed by atoms with Gasteiger partial charge in [0.15, 0.2) is 0 Å². The van der Waals surface area contributed by atoms with E-state index in [2.05, 4.69) is 5.32 Å². The molecule has 0 saturated carbocycles. The number of halogens is 1. The second kappa shape index (κ2) is 6.09. The Morgan fingerprint density at radius 1 is 1.56 bits per heavy atom. The first kappa shape index (κ1) is 12.5. The van der Waals surface area contributed by atoms with Gasteiger partial charge in [-0.3, -0.25) is 0 Å². The first-order valence-electron chi connectivity index (χ1n) is 5.09. The number of nitrogens with one attached hydrogen (secondary N) is 1. The molecule has 0 bridgehead atoms. The van der Waals surface area contributed by atoms with Gasteiger partial charge in [0.2, 0.25) is 0 Å². The van der Waals surface area contributed by atoms with Crippen molar-refractivity contribution >= 4 is 5.69 Å². The van der Waals surface area contributed by atoms with Crippen LogP contribution in [0.4, 0.5) is 10.1 Å². The van der Waals surface area contributed by atoms with Crippen molar-refractivity contribution in [2.45, 2.75) is 6.92 Å². The molecule has 86 valence electrons. The van der Waals surface area contributed by atoms with Crippen LogP contribution in [0.25, 0.3) is 0 Å². The highest BCUT2D eigenvalue weighted by molar-refractivity contribution is 5.49. The molecule has 1 N–H and O–H groups in total. The number of anilines is 1. The number of nitriles is 1. The van der Waals surface area contributed by atoms with Crippen molar-refractivity contribution in [3.8, 4) is 6.07 Å². The quantitative estimate of drug-likeness (QED) is 0.832. The van der Waals surface area contributed by atoms with Crippen LogP contribution in [-0.2, 0) is 4.74 Å². The molecule has 1 aromatic rings. The van der Waals surface area contributed by atoms with Crippen LogP contribution >= 0.6 is 0 Å². The summed E-state index contributed by atoms with van der Waals surface area (Å²) >= 11 is 0. The van der Waals surface area contributed by atoms with Gasteiger partial charge in [0, 0.05) is 19.3 Å². The third-order valence-corrected chi connectivity index (χ3v) is 2.19. The minimum absolute atomic E-state index is 0.0596. The molecule has 0 spiro atoms. The van der Waals surface area contributed by atoms with E-state index >= 15 is 0 Å². The van der Waals surface area contributed by atoms with Crippen LogP contribution in [0.3, 0.4) is 0 Å². The number of hydrogen-bond donors (Lipinski definition) is 1. The summed E-state index contributed by atoms with van der Waals surface area (Å²) in [7, 11) is 1.65. The van der Waals surface area contributed by atoms with Gasteiger partial charge in [0.25, 0.3) is 0 Å². The van der Waals surface area contributed by atoms with Gasteiger partial charge in [-0.05, 0) is 24.1 Å². The van der Waals surface area contributed by atoms with Crippen molar-refractivity contribution in [3.05, 3.63) is 29.6 Å². The molecule has 1 atom stereocenters. The Balaban J connectivity index is 2.58. The Kier molecular flexibility index (Phi) is 4.74. The molecule has 0 aliphatic heterocycles. The smallest absolute Gasteiger partial charge is 0.141 e. The first-order chi connectivity index (χ1) is 7.67. The molecule has 3 nitrogen and oxygen atoms in total. The van der Waals surface area contributed by atoms with Gasteiger partial charge in [0.05, 0.1) is 12.2 Å². The van der Waals surface area contributed by atoms with Crippen LogP contribution in [0, 0.1) is 23.1 Å². The number of nitrogens with zero attached hydrogens (tertiary/aromatic N) is 1. The molecule has 1 unspecified atom stereocenters. The van der Waals surface area contributed by atoms with Crippen molar-refractivity contribution in [3.63, 3.8) is 0 Å². The van der Waals surface area contributed by atoms with Crippen LogP contribution in [-0.4, -0.2) is 20.3 Å². The molecule has 0 amide bonds. The van der Waals surface area contributed by atoms with E-state index in [0.29, 0.717) is 12.5 Å². The van der Waals surface area contributed by atoms with Gasteiger partial charge < -0.3 is 10.1 Å². The first-order valence-corrected chi connectivity index (χ1v) is 5.09. The fraction of sp³-hybridized carbons (Fsp3) is 0.417. The molecule has 0 heterocycles. The summed E-state index contributed by atoms with van der Waals surface area (Å²) in [4.78, 5) is 0. The van der Waals surface area contributed by atoms with Crippen molar-refractivity contribution in [1.82, 2.24) is 0 Å². The van der Waals surface area contributed by atoms with Crippen molar-refractivity contribution in [2.75, 3.05) is 25.6 Å². The Hall–Kier alpha value is -1.60. The van der Waals surface area contributed by atoms with E-state index in [1.165, 1.54) is 12.1 Å². The zero-order chi connectivity index (χ0) is 12.0. The molecular weight excluding hydrogens is 207 g/mol. The molecule has 0 aliphatic rings. The number of hydrogen-bond acceptors (Lipinski definition) is 3. The van der Waals surface area contributed by atoms with E-state index < -0.39 is 5.82 Å². The maximum absolute atomic E-state index is 13.0. The topological polar surface area (TPSA) is 45.0 Å². The Morgan fingerprint density at radius 3 is 2.94 bits per heavy atom. The Labute approximate surface area is 94.8 Å². The second-order valence-electron chi connectivity index (χ2n) is 3.75. The van der Waals surface area contributed by atoms with Crippen LogP contribution in [0.15, 0.2) is 18.2 Å². The van der Waals surface area contributed by atoms with Gasteiger partial charge >= 0.3 is 0 Å². The highest BCUT2D eigenvalue weighted by atomic mass is 19.1. The summed E-state index contributed by atoms with van der Waals surface area (Å²) in [5.74, 6) is -0.126. The largest absolute Gasteiger partial charge is 0.385 e. The maximum Gasteiger partial charge on any atom is 0.141 e. The molecular formula is C12H15FN2O. The third-order valence-electron chi connectivity index (χ3n) is 2.19. The van der Waals surface area contributed by atoms with E-state index in [4.69, 9.17) is 10.00 Å². The molecule has 4 heteroatoms. The molecule has 0 saturated heterocycles. The lowest BCUT2D eigenvalue weighted by Crippen LogP contribution is -2.15. The van der Waals surface area contributed by atoms with E-state index in [1.807, 2.05) is 13.0 Å². The molecule has 0 aromatic heterocycles. The van der Waals surface area contributed by atoms with E-state index in [-0.39, 0.29) is 5.56 Å². The maximum atomic E-state index is 13.0. The van der Waals surface area contributed by atoms with Crippen molar-refractivity contribution < 1.29 is 9.13 Å².